The standard InChI is InChI=1S/C25H22ClNO4S/c1-15-11-16(26)12-19-20(25(28)27-24(15)19)13-23-21(18-9-5-6-10-22(18)31-23)14-32(29,30)17-7-3-2-4-8-17/h2-4,7-8,11-13H,5-6,9-10,14H2,1H3,(H,27,28). The SMILES string of the molecule is Cc1cc(Cl)cc2c1NC(=O)C2=Cc1oc2c(c1CS(=O)(=O)c1ccccc1)CCCC2. The van der Waals surface area contributed by atoms with Gasteiger partial charge in [-0.05, 0) is 67.7 Å². The van der Waals surface area contributed by atoms with Crippen molar-refractivity contribution in [3.8, 4) is 0 Å². The van der Waals surface area contributed by atoms with Gasteiger partial charge in [-0.25, -0.2) is 8.42 Å². The highest BCUT2D eigenvalue weighted by Crippen LogP contribution is 2.40. The van der Waals surface area contributed by atoms with E-state index in [2.05, 4.69) is 5.32 Å². The smallest absolute Gasteiger partial charge is 0.256 e. The van der Waals surface area contributed by atoms with Gasteiger partial charge < -0.3 is 9.73 Å². The van der Waals surface area contributed by atoms with Crippen molar-refractivity contribution >= 4 is 44.7 Å². The number of furan rings is 1. The van der Waals surface area contributed by atoms with Gasteiger partial charge >= 0.3 is 0 Å². The van der Waals surface area contributed by atoms with E-state index >= 15 is 0 Å². The summed E-state index contributed by atoms with van der Waals surface area (Å²) < 4.78 is 32.5. The third-order valence-corrected chi connectivity index (χ3v) is 7.98. The van der Waals surface area contributed by atoms with E-state index in [1.807, 2.05) is 6.92 Å². The largest absolute Gasteiger partial charge is 0.461 e. The van der Waals surface area contributed by atoms with Crippen LogP contribution in [0.1, 0.15) is 46.6 Å². The second-order valence-corrected chi connectivity index (χ2v) is 10.7. The quantitative estimate of drug-likeness (QED) is 0.507. The normalized spacial score (nSPS) is 16.7. The number of carbonyl (C=O) groups excluding carboxylic acids is 1. The number of carbonyl (C=O) groups is 1. The molecule has 0 radical (unpaired) electrons. The first kappa shape index (κ1) is 21.0. The third kappa shape index (κ3) is 3.67. The van der Waals surface area contributed by atoms with Crippen molar-refractivity contribution in [3.63, 3.8) is 0 Å². The Bertz CT molecular complexity index is 1370. The summed E-state index contributed by atoms with van der Waals surface area (Å²) in [4.78, 5) is 13.1. The molecule has 0 saturated heterocycles. The molecule has 5 rings (SSSR count). The van der Waals surface area contributed by atoms with Crippen LogP contribution < -0.4 is 5.32 Å². The summed E-state index contributed by atoms with van der Waals surface area (Å²) >= 11 is 6.24. The Morgan fingerprint density at radius 1 is 1.12 bits per heavy atom. The zero-order valence-electron chi connectivity index (χ0n) is 17.6. The molecule has 5 nitrogen and oxygen atoms in total. The topological polar surface area (TPSA) is 76.4 Å². The molecule has 0 fully saturated rings. The van der Waals surface area contributed by atoms with E-state index in [0.717, 1.165) is 48.3 Å². The number of halogens is 1. The zero-order valence-corrected chi connectivity index (χ0v) is 19.1. The summed E-state index contributed by atoms with van der Waals surface area (Å²) in [6.45, 7) is 1.89. The molecule has 1 N–H and O–H groups in total. The molecular weight excluding hydrogens is 446 g/mol. The van der Waals surface area contributed by atoms with Crippen LogP contribution in [0.25, 0.3) is 11.6 Å². The van der Waals surface area contributed by atoms with Crippen molar-refractivity contribution in [2.75, 3.05) is 5.32 Å². The highest BCUT2D eigenvalue weighted by Gasteiger charge is 2.30. The van der Waals surface area contributed by atoms with Crippen molar-refractivity contribution in [1.29, 1.82) is 0 Å². The van der Waals surface area contributed by atoms with Crippen molar-refractivity contribution < 1.29 is 17.6 Å². The Morgan fingerprint density at radius 3 is 2.66 bits per heavy atom. The lowest BCUT2D eigenvalue weighted by Gasteiger charge is -2.11. The molecule has 0 bridgehead atoms. The molecule has 1 aliphatic carbocycles. The second kappa shape index (κ2) is 7.94. The van der Waals surface area contributed by atoms with E-state index in [9.17, 15) is 13.2 Å². The fourth-order valence-corrected chi connectivity index (χ4v) is 6.24. The minimum absolute atomic E-state index is 0.169. The van der Waals surface area contributed by atoms with E-state index < -0.39 is 9.84 Å². The Morgan fingerprint density at radius 2 is 1.88 bits per heavy atom. The van der Waals surface area contributed by atoms with E-state index in [4.69, 9.17) is 16.0 Å². The van der Waals surface area contributed by atoms with Gasteiger partial charge in [-0.2, -0.15) is 0 Å². The summed E-state index contributed by atoms with van der Waals surface area (Å²) in [5.41, 5.74) is 4.33. The van der Waals surface area contributed by atoms with Crippen LogP contribution in [0.2, 0.25) is 5.02 Å². The van der Waals surface area contributed by atoms with Crippen LogP contribution in [0.5, 0.6) is 0 Å². The van der Waals surface area contributed by atoms with Gasteiger partial charge in [0.25, 0.3) is 5.91 Å². The molecule has 2 heterocycles. The lowest BCUT2D eigenvalue weighted by molar-refractivity contribution is -0.110. The average Bonchev–Trinajstić information content (AvgIpc) is 3.27. The van der Waals surface area contributed by atoms with E-state index in [1.165, 1.54) is 0 Å². The van der Waals surface area contributed by atoms with E-state index in [0.29, 0.717) is 27.5 Å². The number of hydrogen-bond acceptors (Lipinski definition) is 4. The van der Waals surface area contributed by atoms with Crippen LogP contribution in [-0.2, 0) is 33.2 Å². The minimum atomic E-state index is -3.57. The van der Waals surface area contributed by atoms with Gasteiger partial charge in [-0.15, -0.1) is 0 Å². The van der Waals surface area contributed by atoms with Crippen LogP contribution in [0, 0.1) is 6.92 Å². The monoisotopic (exact) mass is 467 g/mol. The van der Waals surface area contributed by atoms with Crippen molar-refractivity contribution in [3.05, 3.63) is 81.3 Å². The molecule has 0 unspecified atom stereocenters. The molecule has 32 heavy (non-hydrogen) atoms. The predicted molar refractivity (Wildman–Crippen MR) is 125 cm³/mol. The molecule has 0 spiro atoms. The van der Waals surface area contributed by atoms with Crippen molar-refractivity contribution in [1.82, 2.24) is 0 Å². The fourth-order valence-electron chi connectivity index (χ4n) is 4.53. The first-order valence-electron chi connectivity index (χ1n) is 10.6. The maximum absolute atomic E-state index is 13.2. The van der Waals surface area contributed by atoms with Gasteiger partial charge in [0.2, 0.25) is 0 Å². The number of fused-ring (bicyclic) bond motifs is 2. The zero-order chi connectivity index (χ0) is 22.5. The van der Waals surface area contributed by atoms with Crippen LogP contribution in [0.15, 0.2) is 51.8 Å². The van der Waals surface area contributed by atoms with Gasteiger partial charge in [-0.1, -0.05) is 29.8 Å². The Hall–Kier alpha value is -2.83. The van der Waals surface area contributed by atoms with Crippen LogP contribution in [-0.4, -0.2) is 14.3 Å². The minimum Gasteiger partial charge on any atom is -0.461 e. The molecule has 0 atom stereocenters. The fraction of sp³-hybridized carbons (Fsp3) is 0.240. The van der Waals surface area contributed by atoms with E-state index in [-0.39, 0.29) is 16.6 Å². The molecule has 0 saturated carbocycles. The molecule has 1 amide bonds. The summed E-state index contributed by atoms with van der Waals surface area (Å²) in [5.74, 6) is 0.837. The third-order valence-electron chi connectivity index (χ3n) is 6.10. The van der Waals surface area contributed by atoms with Gasteiger partial charge in [0, 0.05) is 22.6 Å². The molecule has 1 aliphatic heterocycles. The molecule has 3 aromatic rings. The maximum Gasteiger partial charge on any atom is 0.256 e. The summed E-state index contributed by atoms with van der Waals surface area (Å²) in [5, 5.41) is 3.43. The molecular formula is C25H22ClNO4S. The summed E-state index contributed by atoms with van der Waals surface area (Å²) in [6, 6.07) is 12.0. The van der Waals surface area contributed by atoms with Gasteiger partial charge in [-0.3, -0.25) is 4.79 Å². The van der Waals surface area contributed by atoms with Gasteiger partial charge in [0.05, 0.1) is 21.9 Å². The summed E-state index contributed by atoms with van der Waals surface area (Å²) in [6.07, 6.45) is 5.20. The number of sulfone groups is 1. The summed E-state index contributed by atoms with van der Waals surface area (Å²) in [7, 11) is -3.57. The Balaban J connectivity index is 1.64. The maximum atomic E-state index is 13.2. The highest BCUT2D eigenvalue weighted by molar-refractivity contribution is 7.90. The average molecular weight is 468 g/mol. The van der Waals surface area contributed by atoms with Crippen LogP contribution in [0.4, 0.5) is 5.69 Å². The van der Waals surface area contributed by atoms with Crippen molar-refractivity contribution in [2.24, 2.45) is 0 Å². The second-order valence-electron chi connectivity index (χ2n) is 8.28. The lowest BCUT2D eigenvalue weighted by Crippen LogP contribution is -2.09. The number of aryl methyl sites for hydroxylation is 2. The van der Waals surface area contributed by atoms with Gasteiger partial charge in [0.15, 0.2) is 9.84 Å². The first-order valence-corrected chi connectivity index (χ1v) is 12.6. The van der Waals surface area contributed by atoms with Crippen molar-refractivity contribution in [2.45, 2.75) is 43.3 Å². The molecule has 2 aliphatic rings. The Labute approximate surface area is 192 Å². The number of amides is 1. The lowest BCUT2D eigenvalue weighted by atomic mass is 9.95. The van der Waals surface area contributed by atoms with Gasteiger partial charge in [0.1, 0.15) is 11.5 Å². The molecule has 7 heteroatoms. The van der Waals surface area contributed by atoms with E-state index in [1.54, 1.807) is 48.5 Å². The first-order chi connectivity index (χ1) is 15.3. The Kier molecular flexibility index (Phi) is 5.22. The number of hydrogen-bond donors (Lipinski definition) is 1. The number of nitrogens with one attached hydrogen (secondary N) is 1. The number of rotatable bonds is 4. The predicted octanol–water partition coefficient (Wildman–Crippen LogP) is 5.59. The highest BCUT2D eigenvalue weighted by atomic mass is 35.5. The molecule has 1 aromatic heterocycles. The number of benzene rings is 2. The molecule has 164 valence electrons. The molecule has 2 aromatic carbocycles. The number of anilines is 1. The van der Waals surface area contributed by atoms with Crippen LogP contribution in [0.3, 0.4) is 0 Å². The van der Waals surface area contributed by atoms with Crippen LogP contribution >= 0.6 is 11.6 Å².